The third-order valence-corrected chi connectivity index (χ3v) is 4.66. The van der Waals surface area contributed by atoms with E-state index in [1.54, 1.807) is 0 Å². The molecule has 0 aliphatic heterocycles. The van der Waals surface area contributed by atoms with E-state index in [-0.39, 0.29) is 0 Å². The highest BCUT2D eigenvalue weighted by Gasteiger charge is 2.35. The molecule has 2 unspecified atom stereocenters. The number of para-hydroxylation sites is 2. The lowest BCUT2D eigenvalue weighted by molar-refractivity contribution is 0.146. The Morgan fingerprint density at radius 2 is 2.15 bits per heavy atom. The summed E-state index contributed by atoms with van der Waals surface area (Å²) in [6.07, 6.45) is 5.79. The van der Waals surface area contributed by atoms with Crippen LogP contribution in [0.25, 0.3) is 11.0 Å². The molecule has 1 heterocycles. The van der Waals surface area contributed by atoms with Crippen LogP contribution in [0.15, 0.2) is 30.6 Å². The molecule has 0 amide bonds. The normalized spacial score (nSPS) is 25.9. The highest BCUT2D eigenvalue weighted by atomic mass is 15.1. The average molecular weight is 271 g/mol. The van der Waals surface area contributed by atoms with Gasteiger partial charge in [-0.3, -0.25) is 0 Å². The van der Waals surface area contributed by atoms with E-state index >= 15 is 0 Å². The van der Waals surface area contributed by atoms with Crippen molar-refractivity contribution in [3.8, 4) is 0 Å². The second kappa shape index (κ2) is 5.21. The van der Waals surface area contributed by atoms with Crippen LogP contribution in [0, 0.1) is 5.41 Å². The van der Waals surface area contributed by atoms with Gasteiger partial charge in [-0.2, -0.15) is 0 Å². The first kappa shape index (κ1) is 13.6. The van der Waals surface area contributed by atoms with Crippen molar-refractivity contribution < 1.29 is 0 Å². The Morgan fingerprint density at radius 1 is 1.35 bits per heavy atom. The zero-order valence-corrected chi connectivity index (χ0v) is 12.8. The first-order chi connectivity index (χ1) is 9.61. The largest absolute Gasteiger partial charge is 0.326 e. The number of benzene rings is 1. The smallest absolute Gasteiger partial charge is 0.0961 e. The molecule has 1 fully saturated rings. The minimum Gasteiger partial charge on any atom is -0.326 e. The van der Waals surface area contributed by atoms with Gasteiger partial charge in [0.15, 0.2) is 0 Å². The molecule has 1 aromatic heterocycles. The number of nitrogens with zero attached hydrogens (tertiary/aromatic N) is 2. The standard InChI is InChI=1S/C17H25N3/c1-4-18-14-9-10-17(2,3)11-16(14)20-12-19-13-7-5-6-8-15(13)20/h5-8,12,14,16,18H,4,9-11H2,1-3H3. The summed E-state index contributed by atoms with van der Waals surface area (Å²) in [6, 6.07) is 9.52. The highest BCUT2D eigenvalue weighted by Crippen LogP contribution is 2.42. The van der Waals surface area contributed by atoms with Crippen LogP contribution in [0.4, 0.5) is 0 Å². The number of nitrogens with one attached hydrogen (secondary N) is 1. The van der Waals surface area contributed by atoms with Crippen molar-refractivity contribution in [1.29, 1.82) is 0 Å². The van der Waals surface area contributed by atoms with Crippen molar-refractivity contribution in [1.82, 2.24) is 14.9 Å². The number of aromatic nitrogens is 2. The third kappa shape index (κ3) is 2.47. The molecular weight excluding hydrogens is 246 g/mol. The topological polar surface area (TPSA) is 29.9 Å². The second-order valence-electron chi connectivity index (χ2n) is 6.78. The van der Waals surface area contributed by atoms with E-state index in [1.165, 1.54) is 24.8 Å². The zero-order chi connectivity index (χ0) is 14.2. The van der Waals surface area contributed by atoms with Crippen molar-refractivity contribution in [2.45, 2.75) is 52.1 Å². The SMILES string of the molecule is CCNC1CCC(C)(C)CC1n1cnc2ccccc21. The molecule has 1 aliphatic rings. The van der Waals surface area contributed by atoms with Crippen LogP contribution >= 0.6 is 0 Å². The van der Waals surface area contributed by atoms with E-state index < -0.39 is 0 Å². The van der Waals surface area contributed by atoms with Gasteiger partial charge in [-0.15, -0.1) is 0 Å². The molecule has 108 valence electrons. The van der Waals surface area contributed by atoms with Crippen LogP contribution in [0.3, 0.4) is 0 Å². The molecule has 3 rings (SSSR count). The van der Waals surface area contributed by atoms with Crippen molar-refractivity contribution in [2.75, 3.05) is 6.54 Å². The number of fused-ring (bicyclic) bond motifs is 1. The maximum Gasteiger partial charge on any atom is 0.0961 e. The molecule has 0 bridgehead atoms. The molecular formula is C17H25N3. The fourth-order valence-electron chi connectivity index (χ4n) is 3.58. The van der Waals surface area contributed by atoms with Crippen molar-refractivity contribution in [3.05, 3.63) is 30.6 Å². The molecule has 0 radical (unpaired) electrons. The first-order valence-electron chi connectivity index (χ1n) is 7.76. The summed E-state index contributed by atoms with van der Waals surface area (Å²) in [5.41, 5.74) is 2.78. The van der Waals surface area contributed by atoms with E-state index in [0.29, 0.717) is 17.5 Å². The van der Waals surface area contributed by atoms with Gasteiger partial charge in [0, 0.05) is 6.04 Å². The maximum atomic E-state index is 4.57. The Hall–Kier alpha value is -1.35. The van der Waals surface area contributed by atoms with Gasteiger partial charge in [-0.25, -0.2) is 4.98 Å². The summed E-state index contributed by atoms with van der Waals surface area (Å²) >= 11 is 0. The number of likely N-dealkylation sites (N-methyl/N-ethyl adjacent to an activating group) is 1. The Kier molecular flexibility index (Phi) is 3.55. The molecule has 20 heavy (non-hydrogen) atoms. The predicted molar refractivity (Wildman–Crippen MR) is 83.9 cm³/mol. The molecule has 0 saturated heterocycles. The van der Waals surface area contributed by atoms with Crippen molar-refractivity contribution in [3.63, 3.8) is 0 Å². The van der Waals surface area contributed by atoms with E-state index in [2.05, 4.69) is 59.9 Å². The number of rotatable bonds is 3. The third-order valence-electron chi connectivity index (χ3n) is 4.66. The summed E-state index contributed by atoms with van der Waals surface area (Å²) in [7, 11) is 0. The van der Waals surface area contributed by atoms with E-state index in [9.17, 15) is 0 Å². The van der Waals surface area contributed by atoms with Crippen LogP contribution in [0.5, 0.6) is 0 Å². The molecule has 1 aliphatic carbocycles. The predicted octanol–water partition coefficient (Wildman–Crippen LogP) is 3.77. The lowest BCUT2D eigenvalue weighted by Crippen LogP contribution is -2.43. The Balaban J connectivity index is 1.99. The van der Waals surface area contributed by atoms with Gasteiger partial charge >= 0.3 is 0 Å². The summed E-state index contributed by atoms with van der Waals surface area (Å²) in [5, 5.41) is 3.68. The summed E-state index contributed by atoms with van der Waals surface area (Å²) in [4.78, 5) is 4.57. The lowest BCUT2D eigenvalue weighted by atomic mass is 9.72. The molecule has 1 saturated carbocycles. The number of hydrogen-bond donors (Lipinski definition) is 1. The van der Waals surface area contributed by atoms with Gasteiger partial charge in [0.1, 0.15) is 0 Å². The van der Waals surface area contributed by atoms with Crippen molar-refractivity contribution in [2.24, 2.45) is 5.41 Å². The Labute approximate surface area is 121 Å². The van der Waals surface area contributed by atoms with Crippen LogP contribution < -0.4 is 5.32 Å². The average Bonchev–Trinajstić information content (AvgIpc) is 2.84. The Bertz CT molecular complexity index is 585. The van der Waals surface area contributed by atoms with Gasteiger partial charge in [-0.1, -0.05) is 32.9 Å². The van der Waals surface area contributed by atoms with Crippen molar-refractivity contribution >= 4 is 11.0 Å². The minimum atomic E-state index is 0.419. The number of imidazole rings is 1. The lowest BCUT2D eigenvalue weighted by Gasteiger charge is -2.42. The van der Waals surface area contributed by atoms with Gasteiger partial charge < -0.3 is 9.88 Å². The summed E-state index contributed by atoms with van der Waals surface area (Å²) in [5.74, 6) is 0. The van der Waals surface area contributed by atoms with Gasteiger partial charge in [0.05, 0.1) is 23.4 Å². The fourth-order valence-corrected chi connectivity index (χ4v) is 3.58. The van der Waals surface area contributed by atoms with E-state index in [1.807, 2.05) is 6.33 Å². The first-order valence-corrected chi connectivity index (χ1v) is 7.76. The minimum absolute atomic E-state index is 0.419. The molecule has 1 aromatic carbocycles. The van der Waals surface area contributed by atoms with Gasteiger partial charge in [0.25, 0.3) is 0 Å². The van der Waals surface area contributed by atoms with Crippen LogP contribution in [0.1, 0.15) is 46.1 Å². The van der Waals surface area contributed by atoms with E-state index in [4.69, 9.17) is 0 Å². The number of hydrogen-bond acceptors (Lipinski definition) is 2. The molecule has 0 spiro atoms. The quantitative estimate of drug-likeness (QED) is 0.921. The fraction of sp³-hybridized carbons (Fsp3) is 0.588. The molecule has 2 aromatic rings. The zero-order valence-electron chi connectivity index (χ0n) is 12.8. The maximum absolute atomic E-state index is 4.57. The molecule has 3 heteroatoms. The summed E-state index contributed by atoms with van der Waals surface area (Å²) in [6.45, 7) is 8.01. The van der Waals surface area contributed by atoms with Crippen LogP contribution in [0.2, 0.25) is 0 Å². The van der Waals surface area contributed by atoms with Gasteiger partial charge in [0.2, 0.25) is 0 Å². The molecule has 3 nitrogen and oxygen atoms in total. The molecule has 1 N–H and O–H groups in total. The second-order valence-corrected chi connectivity index (χ2v) is 6.78. The monoisotopic (exact) mass is 271 g/mol. The molecule has 2 atom stereocenters. The van der Waals surface area contributed by atoms with Gasteiger partial charge in [-0.05, 0) is 43.4 Å². The summed E-state index contributed by atoms with van der Waals surface area (Å²) < 4.78 is 2.39. The highest BCUT2D eigenvalue weighted by molar-refractivity contribution is 5.75. The van der Waals surface area contributed by atoms with Crippen LogP contribution in [-0.2, 0) is 0 Å². The van der Waals surface area contributed by atoms with E-state index in [0.717, 1.165) is 12.1 Å². The Morgan fingerprint density at radius 3 is 2.95 bits per heavy atom. The van der Waals surface area contributed by atoms with Crippen LogP contribution in [-0.4, -0.2) is 22.1 Å².